The number of hydrogen-bond donors (Lipinski definition) is 2. The lowest BCUT2D eigenvalue weighted by Gasteiger charge is -2.08. The number of anilines is 1. The monoisotopic (exact) mass is 491 g/mol. The molecule has 4 aromatic rings. The second kappa shape index (κ2) is 12.3. The first-order chi connectivity index (χ1) is 17.4. The number of methoxy groups -OCH3 is 2. The molecule has 0 fully saturated rings. The maximum absolute atomic E-state index is 12.6. The van der Waals surface area contributed by atoms with Crippen LogP contribution in [0, 0.1) is 0 Å². The van der Waals surface area contributed by atoms with E-state index in [4.69, 9.17) is 24.4 Å². The van der Waals surface area contributed by atoms with Crippen molar-refractivity contribution in [1.29, 1.82) is 0 Å². The van der Waals surface area contributed by atoms with E-state index in [-0.39, 0.29) is 28.5 Å². The molecule has 0 amide bonds. The highest BCUT2D eigenvalue weighted by atomic mass is 16.5. The van der Waals surface area contributed by atoms with E-state index in [1.54, 1.807) is 55.6 Å². The summed E-state index contributed by atoms with van der Waals surface area (Å²) in [6, 6.07) is 16.8. The Morgan fingerprint density at radius 1 is 0.972 bits per heavy atom. The molecule has 0 unspecified atom stereocenters. The van der Waals surface area contributed by atoms with Crippen LogP contribution in [0.3, 0.4) is 0 Å². The summed E-state index contributed by atoms with van der Waals surface area (Å²) in [5.74, 6) is 0.505. The van der Waals surface area contributed by atoms with Gasteiger partial charge >= 0.3 is 5.97 Å². The number of hydrogen-bond acceptors (Lipinski definition) is 8. The maximum Gasteiger partial charge on any atom is 0.338 e. The zero-order valence-corrected chi connectivity index (χ0v) is 20.4. The molecule has 0 spiro atoms. The van der Waals surface area contributed by atoms with Crippen molar-refractivity contribution < 1.29 is 28.5 Å². The number of carbonyl (C=O) groups is 1. The molecule has 8 heteroatoms. The number of nitrogens with two attached hydrogens (primary N) is 1. The molecule has 0 atom stereocenters. The van der Waals surface area contributed by atoms with E-state index >= 15 is 0 Å². The number of fused-ring (bicyclic) bond motifs is 1. The molecule has 0 aliphatic heterocycles. The van der Waals surface area contributed by atoms with Crippen LogP contribution in [0.1, 0.15) is 30.1 Å². The van der Waals surface area contributed by atoms with E-state index in [0.29, 0.717) is 34.6 Å². The second-order valence-corrected chi connectivity index (χ2v) is 7.81. The Morgan fingerprint density at radius 2 is 1.67 bits per heavy atom. The Labute approximate surface area is 208 Å². The number of carbonyl (C=O) groups excluding carboxylic acids is 1. The summed E-state index contributed by atoms with van der Waals surface area (Å²) in [5.41, 5.74) is 7.89. The molecule has 1 heterocycles. The highest BCUT2D eigenvalue weighted by molar-refractivity contribution is 5.90. The molecule has 188 valence electrons. The number of phenolic OH excluding ortho intramolecular Hbond substituents is 1. The lowest BCUT2D eigenvalue weighted by Crippen LogP contribution is -2.06. The van der Waals surface area contributed by atoms with Crippen LogP contribution >= 0.6 is 0 Å². The van der Waals surface area contributed by atoms with E-state index in [0.717, 1.165) is 18.4 Å². The van der Waals surface area contributed by atoms with Gasteiger partial charge in [-0.2, -0.15) is 0 Å². The fourth-order valence-electron chi connectivity index (χ4n) is 3.34. The van der Waals surface area contributed by atoms with Crippen LogP contribution < -0.4 is 20.6 Å². The quantitative estimate of drug-likeness (QED) is 0.200. The third-order valence-corrected chi connectivity index (χ3v) is 5.36. The van der Waals surface area contributed by atoms with Crippen molar-refractivity contribution in [3.05, 3.63) is 82.7 Å². The standard InChI is InChI=1S/C17H14O5.C11H15NO2/c1-20-11-5-3-10(4-6-11)13-9-22-16-12(15(13)19)7-8-14(18)17(16)21-2;1-2-3-8-14-11(13)9-4-6-10(12)7-5-9/h3-9,18H,1-2H3;4-7H,2-3,8,12H2,1H3. The number of nitrogen functional groups attached to an aromatic ring is 1. The van der Waals surface area contributed by atoms with E-state index < -0.39 is 0 Å². The molecule has 0 saturated carbocycles. The van der Waals surface area contributed by atoms with Crippen LogP contribution in [0.5, 0.6) is 17.2 Å². The van der Waals surface area contributed by atoms with Crippen molar-refractivity contribution in [2.45, 2.75) is 19.8 Å². The van der Waals surface area contributed by atoms with Crippen LogP contribution in [-0.4, -0.2) is 31.9 Å². The molecule has 0 saturated heterocycles. The van der Waals surface area contributed by atoms with Crippen LogP contribution in [-0.2, 0) is 4.74 Å². The van der Waals surface area contributed by atoms with Gasteiger partial charge in [-0.15, -0.1) is 0 Å². The number of rotatable bonds is 7. The fraction of sp³-hybridized carbons (Fsp3) is 0.214. The van der Waals surface area contributed by atoms with Crippen molar-refractivity contribution in [2.24, 2.45) is 0 Å². The maximum atomic E-state index is 12.6. The number of benzene rings is 3. The minimum Gasteiger partial charge on any atom is -0.504 e. The summed E-state index contributed by atoms with van der Waals surface area (Å²) in [5, 5.41) is 10.1. The average Bonchev–Trinajstić information content (AvgIpc) is 2.90. The van der Waals surface area contributed by atoms with Gasteiger partial charge in [0.1, 0.15) is 12.0 Å². The number of aromatic hydroxyl groups is 1. The summed E-state index contributed by atoms with van der Waals surface area (Å²) < 4.78 is 20.7. The average molecular weight is 492 g/mol. The summed E-state index contributed by atoms with van der Waals surface area (Å²) in [6.07, 6.45) is 3.30. The Hall–Kier alpha value is -4.46. The highest BCUT2D eigenvalue weighted by Gasteiger charge is 2.15. The van der Waals surface area contributed by atoms with Gasteiger partial charge in [-0.25, -0.2) is 4.79 Å². The number of ether oxygens (including phenoxy) is 3. The highest BCUT2D eigenvalue weighted by Crippen LogP contribution is 2.34. The van der Waals surface area contributed by atoms with Crippen molar-refractivity contribution in [1.82, 2.24) is 0 Å². The predicted octanol–water partition coefficient (Wildman–Crippen LogP) is 5.41. The van der Waals surface area contributed by atoms with Crippen molar-refractivity contribution in [3.8, 4) is 28.4 Å². The molecular formula is C28H29NO7. The predicted molar refractivity (Wildman–Crippen MR) is 139 cm³/mol. The first-order valence-corrected chi connectivity index (χ1v) is 11.4. The first kappa shape index (κ1) is 26.2. The summed E-state index contributed by atoms with van der Waals surface area (Å²) in [7, 11) is 2.99. The molecule has 0 aliphatic rings. The van der Waals surface area contributed by atoms with Gasteiger partial charge < -0.3 is 29.5 Å². The molecule has 8 nitrogen and oxygen atoms in total. The molecule has 0 bridgehead atoms. The fourth-order valence-corrected chi connectivity index (χ4v) is 3.34. The minimum atomic E-state index is -0.279. The number of unbranched alkanes of at least 4 members (excludes halogenated alkanes) is 1. The zero-order chi connectivity index (χ0) is 26.1. The molecular weight excluding hydrogens is 462 g/mol. The largest absolute Gasteiger partial charge is 0.504 e. The lowest BCUT2D eigenvalue weighted by atomic mass is 10.1. The van der Waals surface area contributed by atoms with Crippen LogP contribution in [0.25, 0.3) is 22.1 Å². The van der Waals surface area contributed by atoms with Crippen molar-refractivity contribution in [2.75, 3.05) is 26.6 Å². The van der Waals surface area contributed by atoms with E-state index in [1.807, 2.05) is 0 Å². The van der Waals surface area contributed by atoms with Gasteiger partial charge in [0.05, 0.1) is 37.3 Å². The molecule has 3 N–H and O–H groups in total. The minimum absolute atomic E-state index is 0.0738. The second-order valence-electron chi connectivity index (χ2n) is 7.81. The van der Waals surface area contributed by atoms with E-state index in [1.165, 1.54) is 25.5 Å². The Morgan fingerprint density at radius 3 is 2.28 bits per heavy atom. The summed E-state index contributed by atoms with van der Waals surface area (Å²) in [6.45, 7) is 2.54. The molecule has 4 rings (SSSR count). The lowest BCUT2D eigenvalue weighted by molar-refractivity contribution is 0.0500. The number of phenols is 1. The normalized spacial score (nSPS) is 10.3. The third-order valence-electron chi connectivity index (χ3n) is 5.36. The van der Waals surface area contributed by atoms with Gasteiger partial charge in [-0.1, -0.05) is 25.5 Å². The van der Waals surface area contributed by atoms with Crippen molar-refractivity contribution in [3.63, 3.8) is 0 Å². The van der Waals surface area contributed by atoms with Crippen LogP contribution in [0.2, 0.25) is 0 Å². The SMILES string of the molecule is CCCCOC(=O)c1ccc(N)cc1.COc1ccc(-c2coc3c(OC)c(O)ccc3c2=O)cc1. The molecule has 3 aromatic carbocycles. The topological polar surface area (TPSA) is 121 Å². The van der Waals surface area contributed by atoms with Crippen LogP contribution in [0.15, 0.2) is 76.1 Å². The van der Waals surface area contributed by atoms with E-state index in [2.05, 4.69) is 6.92 Å². The Bertz CT molecular complexity index is 1360. The summed E-state index contributed by atoms with van der Waals surface area (Å²) >= 11 is 0. The Kier molecular flexibility index (Phi) is 8.94. The molecule has 36 heavy (non-hydrogen) atoms. The smallest absolute Gasteiger partial charge is 0.338 e. The zero-order valence-electron chi connectivity index (χ0n) is 20.4. The van der Waals surface area contributed by atoms with Gasteiger partial charge in [-0.3, -0.25) is 4.79 Å². The van der Waals surface area contributed by atoms with Gasteiger partial charge in [-0.05, 0) is 60.5 Å². The first-order valence-electron chi connectivity index (χ1n) is 11.4. The third kappa shape index (κ3) is 6.15. The van der Waals surface area contributed by atoms with Gasteiger partial charge in [0.25, 0.3) is 0 Å². The van der Waals surface area contributed by atoms with Crippen molar-refractivity contribution >= 4 is 22.6 Å². The number of esters is 1. The van der Waals surface area contributed by atoms with Gasteiger partial charge in [0.2, 0.25) is 11.2 Å². The summed E-state index contributed by atoms with van der Waals surface area (Å²) in [4.78, 5) is 24.0. The molecule has 0 radical (unpaired) electrons. The van der Waals surface area contributed by atoms with Crippen LogP contribution in [0.4, 0.5) is 5.69 Å². The Balaban J connectivity index is 0.000000223. The molecule has 0 aliphatic carbocycles. The van der Waals surface area contributed by atoms with Gasteiger partial charge in [0, 0.05) is 5.69 Å². The molecule has 1 aromatic heterocycles. The van der Waals surface area contributed by atoms with Gasteiger partial charge in [0.15, 0.2) is 11.3 Å². The van der Waals surface area contributed by atoms with E-state index in [9.17, 15) is 14.7 Å².